The number of dihydropyridines is 1. The SMILES string of the molecule is CC(C)c1[nH]c(C(O)CC2=CCC(=O)N=C2)nc1Sc1cc(Cl)cc(Cl)c1. The lowest BCUT2D eigenvalue weighted by Gasteiger charge is -2.10. The predicted molar refractivity (Wildman–Crippen MR) is 109 cm³/mol. The zero-order chi connectivity index (χ0) is 19.6. The van der Waals surface area contributed by atoms with Crippen LogP contribution in [0.3, 0.4) is 0 Å². The van der Waals surface area contributed by atoms with Crippen LogP contribution in [0.4, 0.5) is 0 Å². The maximum Gasteiger partial charge on any atom is 0.249 e. The molecule has 1 unspecified atom stereocenters. The number of amides is 1. The standard InChI is InChI=1S/C19H19Cl2N3O2S/c1-10(2)17-19(27-14-7-12(20)6-13(21)8-14)24-18(23-17)15(25)5-11-3-4-16(26)22-9-11/h3,6-10,15,25H,4-5H2,1-2H3,(H,23,24). The van der Waals surface area contributed by atoms with E-state index in [1.165, 1.54) is 18.0 Å². The van der Waals surface area contributed by atoms with Gasteiger partial charge < -0.3 is 10.1 Å². The van der Waals surface area contributed by atoms with Crippen LogP contribution in [-0.4, -0.2) is 27.2 Å². The summed E-state index contributed by atoms with van der Waals surface area (Å²) in [5.74, 6) is 0.511. The number of nitrogens with zero attached hydrogens (tertiary/aromatic N) is 2. The van der Waals surface area contributed by atoms with E-state index < -0.39 is 6.10 Å². The lowest BCUT2D eigenvalue weighted by Crippen LogP contribution is -2.06. The van der Waals surface area contributed by atoms with Crippen LogP contribution in [0.15, 0.2) is 44.8 Å². The predicted octanol–water partition coefficient (Wildman–Crippen LogP) is 5.34. The topological polar surface area (TPSA) is 78.3 Å². The van der Waals surface area contributed by atoms with Crippen molar-refractivity contribution in [1.82, 2.24) is 9.97 Å². The first-order chi connectivity index (χ1) is 12.8. The second kappa shape index (κ2) is 8.61. The van der Waals surface area contributed by atoms with Crippen LogP contribution < -0.4 is 0 Å². The van der Waals surface area contributed by atoms with E-state index in [1.54, 1.807) is 12.1 Å². The summed E-state index contributed by atoms with van der Waals surface area (Å²) >= 11 is 13.6. The van der Waals surface area contributed by atoms with E-state index in [0.29, 0.717) is 22.3 Å². The molecule has 1 aliphatic heterocycles. The third kappa shape index (κ3) is 5.23. The number of hydrogen-bond donors (Lipinski definition) is 2. The average molecular weight is 424 g/mol. The molecule has 2 aromatic rings. The number of aliphatic hydroxyl groups excluding tert-OH is 1. The second-order valence-electron chi connectivity index (χ2n) is 6.56. The molecule has 5 nitrogen and oxygen atoms in total. The Kier molecular flexibility index (Phi) is 6.42. The first-order valence-corrected chi connectivity index (χ1v) is 10.1. The Balaban J connectivity index is 1.82. The zero-order valence-corrected chi connectivity index (χ0v) is 17.2. The third-order valence-electron chi connectivity index (χ3n) is 4.00. The number of imidazole rings is 1. The molecular weight excluding hydrogens is 405 g/mol. The van der Waals surface area contributed by atoms with Gasteiger partial charge in [-0.25, -0.2) is 9.98 Å². The van der Waals surface area contributed by atoms with Gasteiger partial charge in [-0.05, 0) is 29.7 Å². The molecule has 0 fully saturated rings. The van der Waals surface area contributed by atoms with Gasteiger partial charge in [-0.2, -0.15) is 0 Å². The minimum atomic E-state index is -0.814. The highest BCUT2D eigenvalue weighted by Crippen LogP contribution is 2.36. The molecule has 1 aliphatic rings. The molecule has 1 amide bonds. The lowest BCUT2D eigenvalue weighted by atomic mass is 10.1. The molecule has 2 heterocycles. The molecule has 0 saturated carbocycles. The minimum absolute atomic E-state index is 0.174. The first-order valence-electron chi connectivity index (χ1n) is 8.49. The summed E-state index contributed by atoms with van der Waals surface area (Å²) in [4.78, 5) is 23.7. The normalized spacial score (nSPS) is 15.3. The van der Waals surface area contributed by atoms with Gasteiger partial charge in [-0.1, -0.05) is 54.9 Å². The molecule has 1 atom stereocenters. The van der Waals surface area contributed by atoms with E-state index in [4.69, 9.17) is 23.2 Å². The van der Waals surface area contributed by atoms with Crippen LogP contribution in [0, 0.1) is 0 Å². The van der Waals surface area contributed by atoms with Crippen LogP contribution in [-0.2, 0) is 4.79 Å². The van der Waals surface area contributed by atoms with E-state index in [9.17, 15) is 9.90 Å². The molecule has 8 heteroatoms. The second-order valence-corrected chi connectivity index (χ2v) is 8.49. The average Bonchev–Trinajstić information content (AvgIpc) is 3.00. The summed E-state index contributed by atoms with van der Waals surface area (Å²) in [5.41, 5.74) is 1.76. The number of aromatic nitrogens is 2. The van der Waals surface area contributed by atoms with Gasteiger partial charge in [0.05, 0.1) is 5.69 Å². The van der Waals surface area contributed by atoms with Crippen molar-refractivity contribution >= 4 is 47.1 Å². The van der Waals surface area contributed by atoms with Crippen molar-refractivity contribution in [2.45, 2.75) is 48.6 Å². The Morgan fingerprint density at radius 1 is 1.26 bits per heavy atom. The number of carbonyl (C=O) groups excluding carboxylic acids is 1. The van der Waals surface area contributed by atoms with Gasteiger partial charge in [0.25, 0.3) is 0 Å². The summed E-state index contributed by atoms with van der Waals surface area (Å²) in [6.45, 7) is 4.11. The summed E-state index contributed by atoms with van der Waals surface area (Å²) in [7, 11) is 0. The number of carbonyl (C=O) groups is 1. The van der Waals surface area contributed by atoms with Gasteiger partial charge in [0.2, 0.25) is 5.91 Å². The van der Waals surface area contributed by atoms with Crippen molar-refractivity contribution < 1.29 is 9.90 Å². The molecule has 0 spiro atoms. The van der Waals surface area contributed by atoms with Crippen molar-refractivity contribution in [3.63, 3.8) is 0 Å². The van der Waals surface area contributed by atoms with E-state index in [-0.39, 0.29) is 18.2 Å². The molecule has 27 heavy (non-hydrogen) atoms. The lowest BCUT2D eigenvalue weighted by molar-refractivity contribution is -0.117. The summed E-state index contributed by atoms with van der Waals surface area (Å²) in [6, 6.07) is 5.33. The summed E-state index contributed by atoms with van der Waals surface area (Å²) in [5, 5.41) is 12.5. The number of benzene rings is 1. The molecule has 142 valence electrons. The molecular formula is C19H19Cl2N3O2S. The number of halogens is 2. The van der Waals surface area contributed by atoms with Gasteiger partial charge in [-0.3, -0.25) is 4.79 Å². The van der Waals surface area contributed by atoms with Crippen LogP contribution in [0.1, 0.15) is 50.2 Å². The number of aliphatic hydroxyl groups is 1. The molecule has 0 aliphatic carbocycles. The minimum Gasteiger partial charge on any atom is -0.385 e. The highest BCUT2D eigenvalue weighted by atomic mass is 35.5. The molecule has 3 rings (SSSR count). The van der Waals surface area contributed by atoms with Crippen molar-refractivity contribution in [3.8, 4) is 0 Å². The van der Waals surface area contributed by atoms with Gasteiger partial charge in [0.1, 0.15) is 17.0 Å². The number of aliphatic imine (C=N–C) groups is 1. The highest BCUT2D eigenvalue weighted by Gasteiger charge is 2.21. The number of nitrogens with one attached hydrogen (secondary N) is 1. The highest BCUT2D eigenvalue weighted by molar-refractivity contribution is 7.99. The smallest absolute Gasteiger partial charge is 0.249 e. The largest absolute Gasteiger partial charge is 0.385 e. The zero-order valence-electron chi connectivity index (χ0n) is 14.9. The first kappa shape index (κ1) is 20.1. The van der Waals surface area contributed by atoms with Gasteiger partial charge in [0, 0.05) is 34.0 Å². The van der Waals surface area contributed by atoms with Crippen molar-refractivity contribution in [2.24, 2.45) is 4.99 Å². The fourth-order valence-corrected chi connectivity index (χ4v) is 4.44. The molecule has 0 radical (unpaired) electrons. The Morgan fingerprint density at radius 2 is 1.96 bits per heavy atom. The number of H-pyrrole nitrogens is 1. The van der Waals surface area contributed by atoms with Crippen LogP contribution in [0.2, 0.25) is 10.0 Å². The summed E-state index contributed by atoms with van der Waals surface area (Å²) < 4.78 is 0. The van der Waals surface area contributed by atoms with Crippen molar-refractivity contribution in [2.75, 3.05) is 0 Å². The quantitative estimate of drug-likeness (QED) is 0.656. The number of hydrogen-bond acceptors (Lipinski definition) is 4. The third-order valence-corrected chi connectivity index (χ3v) is 5.41. The Bertz CT molecular complexity index is 901. The maximum atomic E-state index is 11.2. The summed E-state index contributed by atoms with van der Waals surface area (Å²) in [6.07, 6.45) is 3.09. The van der Waals surface area contributed by atoms with E-state index in [2.05, 4.69) is 28.8 Å². The monoisotopic (exact) mass is 423 g/mol. The fraction of sp³-hybridized carbons (Fsp3) is 0.316. The number of rotatable bonds is 6. The number of aromatic amines is 1. The molecule has 1 aromatic carbocycles. The molecule has 0 bridgehead atoms. The molecule has 1 aromatic heterocycles. The van der Waals surface area contributed by atoms with Gasteiger partial charge in [0.15, 0.2) is 0 Å². The van der Waals surface area contributed by atoms with E-state index >= 15 is 0 Å². The van der Waals surface area contributed by atoms with Gasteiger partial charge >= 0.3 is 0 Å². The van der Waals surface area contributed by atoms with Crippen LogP contribution >= 0.6 is 35.0 Å². The van der Waals surface area contributed by atoms with Gasteiger partial charge in [-0.15, -0.1) is 0 Å². The van der Waals surface area contributed by atoms with Crippen LogP contribution in [0.25, 0.3) is 0 Å². The van der Waals surface area contributed by atoms with Crippen molar-refractivity contribution in [3.05, 3.63) is 51.4 Å². The Morgan fingerprint density at radius 3 is 2.56 bits per heavy atom. The Hall–Kier alpha value is -1.60. The maximum absolute atomic E-state index is 11.2. The fourth-order valence-electron chi connectivity index (χ4n) is 2.65. The Labute approximate surface area is 171 Å². The van der Waals surface area contributed by atoms with Crippen molar-refractivity contribution in [1.29, 1.82) is 0 Å². The molecule has 2 N–H and O–H groups in total. The van der Waals surface area contributed by atoms with E-state index in [0.717, 1.165) is 21.2 Å². The van der Waals surface area contributed by atoms with E-state index in [1.807, 2.05) is 12.1 Å². The van der Waals surface area contributed by atoms with Crippen LogP contribution in [0.5, 0.6) is 0 Å². The molecule has 0 saturated heterocycles.